The van der Waals surface area contributed by atoms with Gasteiger partial charge in [-0.15, -0.1) is 0 Å². The van der Waals surface area contributed by atoms with Crippen molar-refractivity contribution >= 4 is 0 Å². The van der Waals surface area contributed by atoms with E-state index in [0.717, 1.165) is 6.54 Å². The van der Waals surface area contributed by atoms with Crippen molar-refractivity contribution in [2.45, 2.75) is 19.9 Å². The predicted octanol–water partition coefficient (Wildman–Crippen LogP) is 2.20. The van der Waals surface area contributed by atoms with E-state index in [4.69, 9.17) is 0 Å². The van der Waals surface area contributed by atoms with E-state index >= 15 is 0 Å². The largest absolute Gasteiger partial charge is 0.508 e. The molecular formula is C10H14FNO. The summed E-state index contributed by atoms with van der Waals surface area (Å²) in [5.41, 5.74) is 0.599. The van der Waals surface area contributed by atoms with Crippen LogP contribution < -0.4 is 5.32 Å². The third kappa shape index (κ3) is 2.42. The van der Waals surface area contributed by atoms with Gasteiger partial charge in [-0.05, 0) is 31.7 Å². The number of halogens is 1. The van der Waals surface area contributed by atoms with Crippen molar-refractivity contribution in [1.29, 1.82) is 0 Å². The predicted molar refractivity (Wildman–Crippen MR) is 50.2 cm³/mol. The summed E-state index contributed by atoms with van der Waals surface area (Å²) in [5.74, 6) is -0.188. The molecular weight excluding hydrogens is 169 g/mol. The van der Waals surface area contributed by atoms with Crippen LogP contribution in [0.3, 0.4) is 0 Å². The van der Waals surface area contributed by atoms with Crippen LogP contribution in [-0.2, 0) is 0 Å². The van der Waals surface area contributed by atoms with Gasteiger partial charge in [-0.1, -0.05) is 6.92 Å². The summed E-state index contributed by atoms with van der Waals surface area (Å²) in [4.78, 5) is 0. The zero-order valence-corrected chi connectivity index (χ0v) is 7.84. The van der Waals surface area contributed by atoms with Crippen LogP contribution in [-0.4, -0.2) is 11.7 Å². The molecule has 1 atom stereocenters. The van der Waals surface area contributed by atoms with Crippen LogP contribution in [0.1, 0.15) is 25.5 Å². The Morgan fingerprint density at radius 3 is 2.85 bits per heavy atom. The zero-order valence-electron chi connectivity index (χ0n) is 7.84. The lowest BCUT2D eigenvalue weighted by Gasteiger charge is -2.13. The van der Waals surface area contributed by atoms with E-state index in [1.807, 2.05) is 13.8 Å². The number of benzene rings is 1. The van der Waals surface area contributed by atoms with Gasteiger partial charge in [0.2, 0.25) is 0 Å². The maximum atomic E-state index is 12.8. The van der Waals surface area contributed by atoms with Crippen molar-refractivity contribution in [3.63, 3.8) is 0 Å². The van der Waals surface area contributed by atoms with Crippen molar-refractivity contribution < 1.29 is 9.50 Å². The molecule has 0 spiro atoms. The van der Waals surface area contributed by atoms with Crippen LogP contribution >= 0.6 is 0 Å². The summed E-state index contributed by atoms with van der Waals surface area (Å²) < 4.78 is 12.8. The molecule has 0 aliphatic heterocycles. The molecule has 1 unspecified atom stereocenters. The molecule has 0 radical (unpaired) electrons. The Labute approximate surface area is 77.4 Å². The summed E-state index contributed by atoms with van der Waals surface area (Å²) in [6, 6.07) is 3.94. The molecule has 2 nitrogen and oxygen atoms in total. The fourth-order valence-corrected chi connectivity index (χ4v) is 1.29. The first kappa shape index (κ1) is 9.99. The number of nitrogens with one attached hydrogen (secondary N) is 1. The van der Waals surface area contributed by atoms with Crippen molar-refractivity contribution in [1.82, 2.24) is 5.32 Å². The van der Waals surface area contributed by atoms with Gasteiger partial charge in [0.15, 0.2) is 0 Å². The van der Waals surface area contributed by atoms with Crippen LogP contribution in [0.5, 0.6) is 5.75 Å². The highest BCUT2D eigenvalue weighted by atomic mass is 19.1. The number of hydrogen-bond acceptors (Lipinski definition) is 2. The molecule has 0 aliphatic rings. The Morgan fingerprint density at radius 1 is 1.54 bits per heavy atom. The molecule has 1 aromatic rings. The molecule has 72 valence electrons. The van der Waals surface area contributed by atoms with E-state index < -0.39 is 0 Å². The third-order valence-electron chi connectivity index (χ3n) is 1.97. The Bertz CT molecular complexity index is 288. The lowest BCUT2D eigenvalue weighted by Crippen LogP contribution is -2.17. The van der Waals surface area contributed by atoms with E-state index in [-0.39, 0.29) is 17.6 Å². The summed E-state index contributed by atoms with van der Waals surface area (Å²) in [7, 11) is 0. The first-order chi connectivity index (χ1) is 6.15. The molecule has 0 heterocycles. The topological polar surface area (TPSA) is 32.3 Å². The number of phenols is 1. The van der Waals surface area contributed by atoms with E-state index in [9.17, 15) is 9.50 Å². The first-order valence-corrected chi connectivity index (χ1v) is 4.37. The summed E-state index contributed by atoms with van der Waals surface area (Å²) >= 11 is 0. The molecule has 1 aromatic carbocycles. The Hall–Kier alpha value is -1.09. The minimum absolute atomic E-state index is 0.0271. The second-order valence-electron chi connectivity index (χ2n) is 2.98. The molecule has 0 aliphatic carbocycles. The van der Waals surface area contributed by atoms with Gasteiger partial charge >= 0.3 is 0 Å². The SMILES string of the molecule is CCNC(C)c1cc(F)ccc1O. The van der Waals surface area contributed by atoms with Crippen LogP contribution in [0.4, 0.5) is 4.39 Å². The molecule has 2 N–H and O–H groups in total. The van der Waals surface area contributed by atoms with Crippen LogP contribution in [0.25, 0.3) is 0 Å². The molecule has 0 saturated carbocycles. The standard InChI is InChI=1S/C10H14FNO/c1-3-12-7(2)9-6-8(11)4-5-10(9)13/h4-7,12-13H,3H2,1-2H3. The molecule has 0 aromatic heterocycles. The van der Waals surface area contributed by atoms with Gasteiger partial charge in [-0.2, -0.15) is 0 Å². The summed E-state index contributed by atoms with van der Waals surface area (Å²) in [6.07, 6.45) is 0. The molecule has 13 heavy (non-hydrogen) atoms. The number of phenolic OH excluding ortho intramolecular Hbond substituents is 1. The van der Waals surface area contributed by atoms with Crippen molar-refractivity contribution in [2.24, 2.45) is 0 Å². The van der Waals surface area contributed by atoms with Crippen LogP contribution in [0, 0.1) is 5.82 Å². The van der Waals surface area contributed by atoms with Gasteiger partial charge in [0.25, 0.3) is 0 Å². The first-order valence-electron chi connectivity index (χ1n) is 4.37. The van der Waals surface area contributed by atoms with Gasteiger partial charge < -0.3 is 10.4 Å². The van der Waals surface area contributed by atoms with E-state index in [1.165, 1.54) is 18.2 Å². The highest BCUT2D eigenvalue weighted by Crippen LogP contribution is 2.24. The Morgan fingerprint density at radius 2 is 2.23 bits per heavy atom. The fraction of sp³-hybridized carbons (Fsp3) is 0.400. The normalized spacial score (nSPS) is 12.8. The monoisotopic (exact) mass is 183 g/mol. The molecule has 0 saturated heterocycles. The van der Waals surface area contributed by atoms with Gasteiger partial charge in [-0.25, -0.2) is 4.39 Å². The van der Waals surface area contributed by atoms with Crippen LogP contribution in [0.2, 0.25) is 0 Å². The van der Waals surface area contributed by atoms with E-state index in [0.29, 0.717) is 5.56 Å². The minimum Gasteiger partial charge on any atom is -0.508 e. The van der Waals surface area contributed by atoms with Crippen molar-refractivity contribution in [2.75, 3.05) is 6.54 Å². The summed E-state index contributed by atoms with van der Waals surface area (Å²) in [5, 5.41) is 12.5. The Balaban J connectivity index is 2.91. The lowest BCUT2D eigenvalue weighted by atomic mass is 10.1. The second-order valence-corrected chi connectivity index (χ2v) is 2.98. The van der Waals surface area contributed by atoms with Gasteiger partial charge in [0.05, 0.1) is 0 Å². The van der Waals surface area contributed by atoms with Crippen molar-refractivity contribution in [3.8, 4) is 5.75 Å². The molecule has 3 heteroatoms. The molecule has 0 fully saturated rings. The lowest BCUT2D eigenvalue weighted by molar-refractivity contribution is 0.451. The second kappa shape index (κ2) is 4.23. The number of aromatic hydroxyl groups is 1. The minimum atomic E-state index is -0.322. The number of hydrogen-bond donors (Lipinski definition) is 2. The quantitative estimate of drug-likeness (QED) is 0.753. The highest BCUT2D eigenvalue weighted by molar-refractivity contribution is 5.34. The van der Waals surface area contributed by atoms with E-state index in [2.05, 4.69) is 5.32 Å². The zero-order chi connectivity index (χ0) is 9.84. The van der Waals surface area contributed by atoms with Gasteiger partial charge in [0.1, 0.15) is 11.6 Å². The average Bonchev–Trinajstić information content (AvgIpc) is 2.09. The molecule has 0 bridgehead atoms. The molecule has 0 amide bonds. The third-order valence-corrected chi connectivity index (χ3v) is 1.97. The smallest absolute Gasteiger partial charge is 0.123 e. The van der Waals surface area contributed by atoms with E-state index in [1.54, 1.807) is 0 Å². The van der Waals surface area contributed by atoms with Gasteiger partial charge in [0, 0.05) is 11.6 Å². The van der Waals surface area contributed by atoms with Crippen molar-refractivity contribution in [3.05, 3.63) is 29.6 Å². The summed E-state index contributed by atoms with van der Waals surface area (Å²) in [6.45, 7) is 4.64. The maximum Gasteiger partial charge on any atom is 0.123 e. The highest BCUT2D eigenvalue weighted by Gasteiger charge is 2.09. The fourth-order valence-electron chi connectivity index (χ4n) is 1.29. The van der Waals surface area contributed by atoms with Gasteiger partial charge in [-0.3, -0.25) is 0 Å². The molecule has 1 rings (SSSR count). The maximum absolute atomic E-state index is 12.8. The average molecular weight is 183 g/mol. The number of rotatable bonds is 3. The Kier molecular flexibility index (Phi) is 3.25. The van der Waals surface area contributed by atoms with Crippen LogP contribution in [0.15, 0.2) is 18.2 Å².